The summed E-state index contributed by atoms with van der Waals surface area (Å²) in [6.45, 7) is 2.74. The van der Waals surface area contributed by atoms with Crippen molar-refractivity contribution in [2.45, 2.75) is 19.4 Å². The van der Waals surface area contributed by atoms with Crippen molar-refractivity contribution in [1.29, 1.82) is 0 Å². The van der Waals surface area contributed by atoms with Gasteiger partial charge in [0, 0.05) is 16.7 Å². The predicted molar refractivity (Wildman–Crippen MR) is 90.0 cm³/mol. The number of rotatable bonds is 5. The highest BCUT2D eigenvalue weighted by molar-refractivity contribution is 7.10. The molecule has 3 heteroatoms. The van der Waals surface area contributed by atoms with Gasteiger partial charge in [0.15, 0.2) is 0 Å². The van der Waals surface area contributed by atoms with E-state index < -0.39 is 0 Å². The van der Waals surface area contributed by atoms with Crippen molar-refractivity contribution in [2.75, 3.05) is 6.54 Å². The molecule has 0 amide bonds. The molecule has 0 aliphatic rings. The second-order valence-corrected chi connectivity index (χ2v) is 6.11. The van der Waals surface area contributed by atoms with Gasteiger partial charge in [0.2, 0.25) is 0 Å². The molecule has 1 heterocycles. The first-order chi connectivity index (χ1) is 10.3. The van der Waals surface area contributed by atoms with Crippen LogP contribution in [0, 0.1) is 6.92 Å². The molecule has 1 unspecified atom stereocenters. The summed E-state index contributed by atoms with van der Waals surface area (Å²) in [6, 6.07) is 16.7. The number of fused-ring (bicyclic) bond motifs is 1. The van der Waals surface area contributed by atoms with E-state index in [-0.39, 0.29) is 6.10 Å². The lowest BCUT2D eigenvalue weighted by atomic mass is 10.0. The van der Waals surface area contributed by atoms with Gasteiger partial charge < -0.3 is 10.5 Å². The molecule has 0 saturated carbocycles. The van der Waals surface area contributed by atoms with E-state index in [4.69, 9.17) is 10.5 Å². The lowest BCUT2D eigenvalue weighted by molar-refractivity contribution is 0.204. The summed E-state index contributed by atoms with van der Waals surface area (Å²) in [4.78, 5) is 1.23. The number of ether oxygens (including phenoxy) is 1. The molecule has 0 fully saturated rings. The van der Waals surface area contributed by atoms with Crippen molar-refractivity contribution < 1.29 is 4.74 Å². The summed E-state index contributed by atoms with van der Waals surface area (Å²) >= 11 is 1.72. The zero-order valence-electron chi connectivity index (χ0n) is 12.1. The molecule has 3 aromatic rings. The Hall–Kier alpha value is -1.84. The maximum Gasteiger partial charge on any atom is 0.134 e. The number of hydrogen-bond donors (Lipinski definition) is 1. The van der Waals surface area contributed by atoms with Crippen molar-refractivity contribution in [3.63, 3.8) is 0 Å². The summed E-state index contributed by atoms with van der Waals surface area (Å²) in [7, 11) is 0. The highest BCUT2D eigenvalue weighted by Gasteiger charge is 2.15. The number of nitrogens with two attached hydrogens (primary N) is 1. The van der Waals surface area contributed by atoms with Gasteiger partial charge in [-0.2, -0.15) is 0 Å². The molecule has 0 bridgehead atoms. The second kappa shape index (κ2) is 6.29. The Kier molecular flexibility index (Phi) is 4.23. The molecule has 2 aromatic carbocycles. The lowest BCUT2D eigenvalue weighted by Gasteiger charge is -2.19. The fourth-order valence-corrected chi connectivity index (χ4v) is 3.41. The molecule has 0 saturated heterocycles. The number of aryl methyl sites for hydroxylation is 1. The van der Waals surface area contributed by atoms with E-state index >= 15 is 0 Å². The molecule has 2 nitrogen and oxygen atoms in total. The molecular weight excluding hydrogens is 278 g/mol. The number of thiophene rings is 1. The van der Waals surface area contributed by atoms with Crippen LogP contribution in [0.3, 0.4) is 0 Å². The molecule has 0 spiro atoms. The SMILES string of the molecule is Cc1cccc2cccc(OC(CCN)c3cccs3)c12. The Morgan fingerprint density at radius 3 is 2.62 bits per heavy atom. The Morgan fingerprint density at radius 2 is 1.90 bits per heavy atom. The molecule has 108 valence electrons. The van der Waals surface area contributed by atoms with Gasteiger partial charge in [-0.3, -0.25) is 0 Å². The Bertz CT molecular complexity index is 716. The first kappa shape index (κ1) is 14.1. The van der Waals surface area contributed by atoms with Crippen molar-refractivity contribution in [3.05, 3.63) is 64.4 Å². The summed E-state index contributed by atoms with van der Waals surface area (Å²) in [6.07, 6.45) is 0.850. The van der Waals surface area contributed by atoms with Crippen LogP contribution in [0.5, 0.6) is 5.75 Å². The van der Waals surface area contributed by atoms with Crippen LogP contribution >= 0.6 is 11.3 Å². The molecular formula is C18H19NOS. The van der Waals surface area contributed by atoms with E-state index in [2.05, 4.69) is 48.7 Å². The van der Waals surface area contributed by atoms with Crippen LogP contribution < -0.4 is 10.5 Å². The van der Waals surface area contributed by atoms with Gasteiger partial charge in [-0.1, -0.05) is 36.4 Å². The maximum absolute atomic E-state index is 6.32. The van der Waals surface area contributed by atoms with Crippen LogP contribution in [0.15, 0.2) is 53.9 Å². The molecule has 0 aliphatic carbocycles. The Labute approximate surface area is 129 Å². The Morgan fingerprint density at radius 1 is 1.10 bits per heavy atom. The van der Waals surface area contributed by atoms with Gasteiger partial charge in [-0.15, -0.1) is 11.3 Å². The van der Waals surface area contributed by atoms with Crippen LogP contribution in [-0.4, -0.2) is 6.54 Å². The zero-order valence-corrected chi connectivity index (χ0v) is 12.9. The predicted octanol–water partition coefficient (Wildman–Crippen LogP) is 4.68. The van der Waals surface area contributed by atoms with Gasteiger partial charge in [-0.25, -0.2) is 0 Å². The average Bonchev–Trinajstić information content (AvgIpc) is 3.01. The minimum Gasteiger partial charge on any atom is -0.484 e. The standard InChI is InChI=1S/C18H19NOS/c1-13-5-2-6-14-7-3-8-16(18(13)14)20-15(10-11-19)17-9-4-12-21-17/h2-9,12,15H,10-11,19H2,1H3. The first-order valence-corrected chi connectivity index (χ1v) is 8.06. The fourth-order valence-electron chi connectivity index (χ4n) is 2.63. The van der Waals surface area contributed by atoms with Gasteiger partial charge >= 0.3 is 0 Å². The normalized spacial score (nSPS) is 12.5. The smallest absolute Gasteiger partial charge is 0.134 e. The fraction of sp³-hybridized carbons (Fsp3) is 0.222. The van der Waals surface area contributed by atoms with Crippen molar-refractivity contribution in [2.24, 2.45) is 5.73 Å². The van der Waals surface area contributed by atoms with E-state index in [0.29, 0.717) is 6.54 Å². The molecule has 2 N–H and O–H groups in total. The van der Waals surface area contributed by atoms with Crippen molar-refractivity contribution >= 4 is 22.1 Å². The number of hydrogen-bond acceptors (Lipinski definition) is 3. The van der Waals surface area contributed by atoms with Gasteiger partial charge in [0.25, 0.3) is 0 Å². The quantitative estimate of drug-likeness (QED) is 0.742. The first-order valence-electron chi connectivity index (χ1n) is 7.18. The second-order valence-electron chi connectivity index (χ2n) is 5.13. The highest BCUT2D eigenvalue weighted by Crippen LogP contribution is 2.34. The molecule has 21 heavy (non-hydrogen) atoms. The summed E-state index contributed by atoms with van der Waals surface area (Å²) in [5.74, 6) is 0.942. The number of benzene rings is 2. The third-order valence-corrected chi connectivity index (χ3v) is 4.60. The molecule has 0 aliphatic heterocycles. The van der Waals surface area contributed by atoms with Crippen molar-refractivity contribution in [1.82, 2.24) is 0 Å². The average molecular weight is 297 g/mol. The van der Waals surface area contributed by atoms with E-state index in [9.17, 15) is 0 Å². The topological polar surface area (TPSA) is 35.2 Å². The minimum absolute atomic E-state index is 0.0280. The van der Waals surface area contributed by atoms with Gasteiger partial charge in [0.1, 0.15) is 11.9 Å². The summed E-state index contributed by atoms with van der Waals surface area (Å²) < 4.78 is 6.32. The van der Waals surface area contributed by atoms with E-state index in [1.807, 2.05) is 12.1 Å². The van der Waals surface area contributed by atoms with E-state index in [1.54, 1.807) is 11.3 Å². The summed E-state index contributed by atoms with van der Waals surface area (Å²) in [5, 5.41) is 4.49. The van der Waals surface area contributed by atoms with Crippen LogP contribution in [0.4, 0.5) is 0 Å². The van der Waals surface area contributed by atoms with E-state index in [1.165, 1.54) is 21.2 Å². The Balaban J connectivity index is 2.00. The molecule has 3 rings (SSSR count). The van der Waals surface area contributed by atoms with Crippen LogP contribution in [0.1, 0.15) is 23.0 Å². The zero-order chi connectivity index (χ0) is 14.7. The third-order valence-electron chi connectivity index (χ3n) is 3.63. The minimum atomic E-state index is 0.0280. The van der Waals surface area contributed by atoms with Crippen LogP contribution in [0.2, 0.25) is 0 Å². The molecule has 1 atom stereocenters. The van der Waals surface area contributed by atoms with E-state index in [0.717, 1.165) is 12.2 Å². The maximum atomic E-state index is 6.32. The highest BCUT2D eigenvalue weighted by atomic mass is 32.1. The van der Waals surface area contributed by atoms with Crippen LogP contribution in [0.25, 0.3) is 10.8 Å². The molecule has 1 aromatic heterocycles. The monoisotopic (exact) mass is 297 g/mol. The molecule has 0 radical (unpaired) electrons. The van der Waals surface area contributed by atoms with Crippen molar-refractivity contribution in [3.8, 4) is 5.75 Å². The van der Waals surface area contributed by atoms with Crippen LogP contribution in [-0.2, 0) is 0 Å². The summed E-state index contributed by atoms with van der Waals surface area (Å²) in [5.41, 5.74) is 6.99. The third kappa shape index (κ3) is 2.94. The van der Waals surface area contributed by atoms with Gasteiger partial charge in [-0.05, 0) is 41.9 Å². The largest absolute Gasteiger partial charge is 0.484 e. The lowest BCUT2D eigenvalue weighted by Crippen LogP contribution is -2.12. The van der Waals surface area contributed by atoms with Gasteiger partial charge in [0.05, 0.1) is 0 Å².